The number of benzene rings is 1. The number of amides is 3. The lowest BCUT2D eigenvalue weighted by Crippen LogP contribution is -2.56. The fourth-order valence-corrected chi connectivity index (χ4v) is 4.49. The highest BCUT2D eigenvalue weighted by molar-refractivity contribution is 8.00. The van der Waals surface area contributed by atoms with Gasteiger partial charge in [0.1, 0.15) is 11.2 Å². The molecular weight excluding hydrogens is 424 g/mol. The summed E-state index contributed by atoms with van der Waals surface area (Å²) in [6.07, 6.45) is 0.417. The first-order chi connectivity index (χ1) is 14.5. The number of hydrogen-bond acceptors (Lipinski definition) is 7. The van der Waals surface area contributed by atoms with E-state index < -0.39 is 5.50 Å². The molecule has 3 amide bonds. The molecule has 1 aromatic heterocycles. The van der Waals surface area contributed by atoms with E-state index in [1.165, 1.54) is 18.9 Å². The van der Waals surface area contributed by atoms with E-state index in [2.05, 4.69) is 21.3 Å². The predicted molar refractivity (Wildman–Crippen MR) is 118 cm³/mol. The first-order valence-electron chi connectivity index (χ1n) is 9.42. The van der Waals surface area contributed by atoms with Crippen molar-refractivity contribution in [3.05, 3.63) is 46.7 Å². The molecule has 4 N–H and O–H groups in total. The normalized spacial score (nSPS) is 18.4. The van der Waals surface area contributed by atoms with Crippen LogP contribution in [0.25, 0.3) is 0 Å². The standard InChI is InChI=1S/C20H24N4O4S2/c1-28-16-7-3-2-6-15(16)23-19(27)12-30-20-22-13(10-18(26)24-20)9-17(25)21-11-14-5-4-8-29-14/h2-8,13,20,22H,9-12H2,1H3,(H,21,25)(H,23,27)(H,24,26). The molecule has 10 heteroatoms. The molecule has 2 heterocycles. The number of rotatable bonds is 9. The summed E-state index contributed by atoms with van der Waals surface area (Å²) in [7, 11) is 1.54. The van der Waals surface area contributed by atoms with Gasteiger partial charge >= 0.3 is 0 Å². The van der Waals surface area contributed by atoms with Crippen molar-refractivity contribution in [3.8, 4) is 5.75 Å². The van der Waals surface area contributed by atoms with Crippen LogP contribution in [0.3, 0.4) is 0 Å². The van der Waals surface area contributed by atoms with E-state index in [1.54, 1.807) is 23.5 Å². The van der Waals surface area contributed by atoms with E-state index in [4.69, 9.17) is 4.74 Å². The molecule has 1 saturated heterocycles. The smallest absolute Gasteiger partial charge is 0.234 e. The van der Waals surface area contributed by atoms with E-state index in [1.807, 2.05) is 29.6 Å². The minimum atomic E-state index is -0.440. The van der Waals surface area contributed by atoms with Gasteiger partial charge in [0.2, 0.25) is 17.7 Å². The molecule has 3 rings (SSSR count). The molecule has 0 radical (unpaired) electrons. The molecule has 1 aliphatic rings. The Kier molecular flexibility index (Phi) is 8.12. The van der Waals surface area contributed by atoms with Crippen molar-refractivity contribution >= 4 is 46.5 Å². The first kappa shape index (κ1) is 22.1. The number of ether oxygens (including phenoxy) is 1. The number of nitrogens with one attached hydrogen (secondary N) is 4. The van der Waals surface area contributed by atoms with Crippen LogP contribution in [0.15, 0.2) is 41.8 Å². The lowest BCUT2D eigenvalue weighted by molar-refractivity contribution is -0.125. The van der Waals surface area contributed by atoms with Gasteiger partial charge in [-0.2, -0.15) is 0 Å². The van der Waals surface area contributed by atoms with Crippen molar-refractivity contribution in [3.63, 3.8) is 0 Å². The molecule has 1 aromatic carbocycles. The zero-order valence-electron chi connectivity index (χ0n) is 16.5. The summed E-state index contributed by atoms with van der Waals surface area (Å²) in [4.78, 5) is 37.6. The number of hydrogen-bond donors (Lipinski definition) is 4. The Labute approximate surface area is 183 Å². The summed E-state index contributed by atoms with van der Waals surface area (Å²) in [5.74, 6) is 0.235. The van der Waals surface area contributed by atoms with Gasteiger partial charge in [-0.1, -0.05) is 18.2 Å². The number of carbonyl (C=O) groups excluding carboxylic acids is 3. The van der Waals surface area contributed by atoms with E-state index in [9.17, 15) is 14.4 Å². The Hall–Kier alpha value is -2.56. The average Bonchev–Trinajstić information content (AvgIpc) is 3.24. The molecule has 160 valence electrons. The summed E-state index contributed by atoms with van der Waals surface area (Å²) in [6.45, 7) is 0.483. The van der Waals surface area contributed by atoms with Gasteiger partial charge in [0, 0.05) is 23.8 Å². The molecule has 30 heavy (non-hydrogen) atoms. The van der Waals surface area contributed by atoms with Crippen LogP contribution in [-0.4, -0.2) is 42.1 Å². The lowest BCUT2D eigenvalue weighted by atomic mass is 10.1. The third-order valence-corrected chi connectivity index (χ3v) is 6.24. The Morgan fingerprint density at radius 2 is 2.07 bits per heavy atom. The average molecular weight is 449 g/mol. The van der Waals surface area contributed by atoms with Crippen LogP contribution >= 0.6 is 23.1 Å². The highest BCUT2D eigenvalue weighted by Gasteiger charge is 2.28. The lowest BCUT2D eigenvalue weighted by Gasteiger charge is -2.30. The van der Waals surface area contributed by atoms with Gasteiger partial charge in [0.25, 0.3) is 0 Å². The molecule has 2 unspecified atom stereocenters. The van der Waals surface area contributed by atoms with Crippen molar-refractivity contribution in [2.24, 2.45) is 0 Å². The molecule has 2 aromatic rings. The van der Waals surface area contributed by atoms with Gasteiger partial charge in [-0.3, -0.25) is 19.7 Å². The molecule has 2 atom stereocenters. The van der Waals surface area contributed by atoms with Crippen LogP contribution in [0.4, 0.5) is 5.69 Å². The second kappa shape index (κ2) is 11.0. The fourth-order valence-electron chi connectivity index (χ4n) is 2.95. The number of thiophene rings is 1. The van der Waals surface area contributed by atoms with Gasteiger partial charge in [-0.15, -0.1) is 23.1 Å². The van der Waals surface area contributed by atoms with Crippen LogP contribution in [0, 0.1) is 0 Å². The summed E-state index contributed by atoms with van der Waals surface area (Å²) in [5.41, 5.74) is 0.149. The molecule has 0 bridgehead atoms. The zero-order valence-corrected chi connectivity index (χ0v) is 18.1. The summed E-state index contributed by atoms with van der Waals surface area (Å²) in [5, 5.41) is 13.6. The minimum absolute atomic E-state index is 0.117. The Morgan fingerprint density at radius 1 is 1.23 bits per heavy atom. The number of methoxy groups -OCH3 is 1. The Balaban J connectivity index is 1.43. The van der Waals surface area contributed by atoms with Gasteiger partial charge in [0.15, 0.2) is 0 Å². The van der Waals surface area contributed by atoms with Gasteiger partial charge in [0.05, 0.1) is 25.1 Å². The molecule has 1 fully saturated rings. The van der Waals surface area contributed by atoms with Crippen LogP contribution in [0.2, 0.25) is 0 Å². The summed E-state index contributed by atoms with van der Waals surface area (Å²) in [6, 6.07) is 10.8. The predicted octanol–water partition coefficient (Wildman–Crippen LogP) is 1.90. The number of anilines is 1. The summed E-state index contributed by atoms with van der Waals surface area (Å²) >= 11 is 2.84. The van der Waals surface area contributed by atoms with Crippen LogP contribution in [-0.2, 0) is 20.9 Å². The molecule has 0 spiro atoms. The Morgan fingerprint density at radius 3 is 2.83 bits per heavy atom. The van der Waals surface area contributed by atoms with Gasteiger partial charge in [-0.05, 0) is 23.6 Å². The molecule has 8 nitrogen and oxygen atoms in total. The van der Waals surface area contributed by atoms with Crippen molar-refractivity contribution in [2.75, 3.05) is 18.2 Å². The van der Waals surface area contributed by atoms with E-state index in [-0.39, 0.29) is 42.4 Å². The number of para-hydroxylation sites is 2. The molecule has 0 aliphatic carbocycles. The molecule has 0 saturated carbocycles. The largest absolute Gasteiger partial charge is 0.495 e. The Bertz CT molecular complexity index is 875. The van der Waals surface area contributed by atoms with Crippen molar-refractivity contribution in [2.45, 2.75) is 30.9 Å². The van der Waals surface area contributed by atoms with E-state index in [0.717, 1.165) is 4.88 Å². The van der Waals surface area contributed by atoms with Gasteiger partial charge < -0.3 is 20.7 Å². The third kappa shape index (κ3) is 6.75. The second-order valence-corrected chi connectivity index (χ2v) is 8.76. The number of thioether (sulfide) groups is 1. The zero-order chi connectivity index (χ0) is 21.3. The minimum Gasteiger partial charge on any atom is -0.495 e. The SMILES string of the molecule is COc1ccccc1NC(=O)CSC1NC(=O)CC(CC(=O)NCc2cccs2)N1. The van der Waals surface area contributed by atoms with Crippen LogP contribution in [0.5, 0.6) is 5.75 Å². The monoisotopic (exact) mass is 448 g/mol. The first-order valence-corrected chi connectivity index (χ1v) is 11.4. The van der Waals surface area contributed by atoms with Crippen molar-refractivity contribution < 1.29 is 19.1 Å². The van der Waals surface area contributed by atoms with E-state index >= 15 is 0 Å². The van der Waals surface area contributed by atoms with Crippen LogP contribution in [0.1, 0.15) is 17.7 Å². The third-order valence-electron chi connectivity index (χ3n) is 4.34. The maximum atomic E-state index is 12.3. The van der Waals surface area contributed by atoms with Gasteiger partial charge in [-0.25, -0.2) is 0 Å². The van der Waals surface area contributed by atoms with Crippen molar-refractivity contribution in [1.29, 1.82) is 0 Å². The quantitative estimate of drug-likeness (QED) is 0.467. The topological polar surface area (TPSA) is 109 Å². The van der Waals surface area contributed by atoms with Crippen LogP contribution < -0.4 is 26.0 Å². The highest BCUT2D eigenvalue weighted by Crippen LogP contribution is 2.23. The maximum absolute atomic E-state index is 12.3. The number of carbonyl (C=O) groups is 3. The fraction of sp³-hybridized carbons (Fsp3) is 0.350. The molecule has 1 aliphatic heterocycles. The highest BCUT2D eigenvalue weighted by atomic mass is 32.2. The van der Waals surface area contributed by atoms with Crippen molar-refractivity contribution in [1.82, 2.24) is 16.0 Å². The maximum Gasteiger partial charge on any atom is 0.234 e. The second-order valence-electron chi connectivity index (χ2n) is 6.63. The summed E-state index contributed by atoms with van der Waals surface area (Å²) < 4.78 is 5.22. The van der Waals surface area contributed by atoms with E-state index in [0.29, 0.717) is 18.0 Å². The molecular formula is C20H24N4O4S2.